The third-order valence-corrected chi connectivity index (χ3v) is 3.27. The predicted octanol–water partition coefficient (Wildman–Crippen LogP) is 2.83. The molecule has 2 unspecified atom stereocenters. The van der Waals surface area contributed by atoms with Crippen molar-refractivity contribution in [2.24, 2.45) is 11.1 Å². The molecule has 0 aromatic heterocycles. The van der Waals surface area contributed by atoms with Crippen LogP contribution in [0, 0.1) is 5.92 Å². The van der Waals surface area contributed by atoms with Crippen LogP contribution in [-0.4, -0.2) is 18.6 Å². The number of hydrogen-bond donors (Lipinski definition) is 0. The van der Waals surface area contributed by atoms with Gasteiger partial charge in [-0.1, -0.05) is 28.9 Å². The molecule has 0 bridgehead atoms. The van der Waals surface area contributed by atoms with E-state index >= 15 is 0 Å². The minimum atomic E-state index is -0.181. The summed E-state index contributed by atoms with van der Waals surface area (Å²) in [7, 11) is 0. The lowest BCUT2D eigenvalue weighted by atomic mass is 9.91. The van der Waals surface area contributed by atoms with Crippen LogP contribution in [0.25, 0.3) is 0 Å². The number of fused-ring (bicyclic) bond motifs is 1. The van der Waals surface area contributed by atoms with Crippen molar-refractivity contribution >= 4 is 17.3 Å². The van der Waals surface area contributed by atoms with E-state index in [-0.39, 0.29) is 12.2 Å². The molecule has 2 atom stereocenters. The quantitative estimate of drug-likeness (QED) is 0.752. The molecule has 4 heteroatoms. The van der Waals surface area contributed by atoms with Gasteiger partial charge in [-0.2, -0.15) is 0 Å². The second kappa shape index (κ2) is 4.07. The van der Waals surface area contributed by atoms with Gasteiger partial charge in [-0.15, -0.1) is 0 Å². The summed E-state index contributed by atoms with van der Waals surface area (Å²) in [6.45, 7) is 0.768. The number of nitrogens with zero attached hydrogens (tertiary/aromatic N) is 1. The molecule has 0 spiro atoms. The van der Waals surface area contributed by atoms with E-state index in [1.807, 2.05) is 24.3 Å². The number of rotatable bonds is 1. The van der Waals surface area contributed by atoms with Crippen LogP contribution in [-0.2, 0) is 9.57 Å². The molecule has 2 aliphatic heterocycles. The van der Waals surface area contributed by atoms with Crippen molar-refractivity contribution in [2.75, 3.05) is 6.61 Å². The molecule has 2 aliphatic rings. The summed E-state index contributed by atoms with van der Waals surface area (Å²) in [4.78, 5) is 5.29. The summed E-state index contributed by atoms with van der Waals surface area (Å²) in [6, 6.07) is 7.69. The van der Waals surface area contributed by atoms with Crippen LogP contribution in [0.5, 0.6) is 0 Å². The summed E-state index contributed by atoms with van der Waals surface area (Å²) in [5, 5.41) is 4.86. The van der Waals surface area contributed by atoms with Crippen molar-refractivity contribution in [3.8, 4) is 0 Å². The molecule has 3 nitrogen and oxygen atoms in total. The average Bonchev–Trinajstić information content (AvgIpc) is 2.74. The van der Waals surface area contributed by atoms with Crippen LogP contribution < -0.4 is 0 Å². The maximum absolute atomic E-state index is 5.86. The summed E-state index contributed by atoms with van der Waals surface area (Å²) in [5.74, 6) is 0.273. The molecule has 2 heterocycles. The van der Waals surface area contributed by atoms with Gasteiger partial charge < -0.3 is 9.57 Å². The van der Waals surface area contributed by atoms with Gasteiger partial charge in [0.2, 0.25) is 6.29 Å². The zero-order valence-electron chi connectivity index (χ0n) is 8.73. The molecule has 84 valence electrons. The SMILES string of the molecule is Clc1ccc(C2=NOC3OCCCC23)cc1. The standard InChI is InChI=1S/C12H12ClNO2/c13-9-5-3-8(4-6-9)11-10-2-1-7-15-12(10)16-14-11/h3-6,10,12H,1-2,7H2. The van der Waals surface area contributed by atoms with Gasteiger partial charge in [-0.25, -0.2) is 0 Å². The van der Waals surface area contributed by atoms with Crippen LogP contribution in [0.3, 0.4) is 0 Å². The lowest BCUT2D eigenvalue weighted by Gasteiger charge is -2.23. The fourth-order valence-corrected chi connectivity index (χ4v) is 2.31. The minimum Gasteiger partial charge on any atom is -0.363 e. The monoisotopic (exact) mass is 237 g/mol. The number of oxime groups is 1. The molecular weight excluding hydrogens is 226 g/mol. The Morgan fingerprint density at radius 1 is 1.25 bits per heavy atom. The highest BCUT2D eigenvalue weighted by atomic mass is 35.5. The zero-order chi connectivity index (χ0) is 11.0. The van der Waals surface area contributed by atoms with E-state index in [1.165, 1.54) is 0 Å². The van der Waals surface area contributed by atoms with E-state index in [9.17, 15) is 0 Å². The Kier molecular flexibility index (Phi) is 2.58. The molecule has 1 aromatic rings. The second-order valence-electron chi connectivity index (χ2n) is 4.08. The summed E-state index contributed by atoms with van der Waals surface area (Å²) in [6.07, 6.45) is 1.96. The summed E-state index contributed by atoms with van der Waals surface area (Å²) < 4.78 is 5.51. The highest BCUT2D eigenvalue weighted by Crippen LogP contribution is 2.31. The van der Waals surface area contributed by atoms with Crippen LogP contribution in [0.1, 0.15) is 18.4 Å². The fourth-order valence-electron chi connectivity index (χ4n) is 2.19. The van der Waals surface area contributed by atoms with E-state index in [4.69, 9.17) is 21.2 Å². The van der Waals surface area contributed by atoms with Crippen molar-refractivity contribution in [1.29, 1.82) is 0 Å². The Hall–Kier alpha value is -1.06. The molecule has 16 heavy (non-hydrogen) atoms. The van der Waals surface area contributed by atoms with Crippen molar-refractivity contribution in [3.63, 3.8) is 0 Å². The number of ether oxygens (including phenoxy) is 1. The normalized spacial score (nSPS) is 28.2. The molecule has 0 N–H and O–H groups in total. The van der Waals surface area contributed by atoms with Crippen LogP contribution in [0.15, 0.2) is 29.4 Å². The summed E-state index contributed by atoms with van der Waals surface area (Å²) in [5.41, 5.74) is 2.06. The number of hydrogen-bond acceptors (Lipinski definition) is 3. The van der Waals surface area contributed by atoms with E-state index in [0.717, 1.165) is 35.7 Å². The van der Waals surface area contributed by atoms with Crippen LogP contribution in [0.4, 0.5) is 0 Å². The molecule has 0 aliphatic carbocycles. The van der Waals surface area contributed by atoms with E-state index < -0.39 is 0 Å². The lowest BCUT2D eigenvalue weighted by Crippen LogP contribution is -2.31. The first-order valence-corrected chi connectivity index (χ1v) is 5.83. The number of halogens is 1. The third-order valence-electron chi connectivity index (χ3n) is 3.02. The van der Waals surface area contributed by atoms with Gasteiger partial charge in [0.15, 0.2) is 0 Å². The van der Waals surface area contributed by atoms with E-state index in [2.05, 4.69) is 5.16 Å². The van der Waals surface area contributed by atoms with Gasteiger partial charge in [0.1, 0.15) is 0 Å². The minimum absolute atomic E-state index is 0.181. The maximum Gasteiger partial charge on any atom is 0.235 e. The highest BCUT2D eigenvalue weighted by Gasteiger charge is 2.37. The lowest BCUT2D eigenvalue weighted by molar-refractivity contribution is -0.162. The Labute approximate surface area is 99.0 Å². The first kappa shape index (κ1) is 10.1. The van der Waals surface area contributed by atoms with Gasteiger partial charge in [0, 0.05) is 5.02 Å². The topological polar surface area (TPSA) is 30.8 Å². The largest absolute Gasteiger partial charge is 0.363 e. The average molecular weight is 238 g/mol. The molecule has 0 radical (unpaired) electrons. The molecule has 3 rings (SSSR count). The van der Waals surface area contributed by atoms with Crippen molar-refractivity contribution in [1.82, 2.24) is 0 Å². The van der Waals surface area contributed by atoms with Crippen molar-refractivity contribution in [3.05, 3.63) is 34.9 Å². The molecule has 1 fully saturated rings. The first-order chi connectivity index (χ1) is 7.84. The Balaban J connectivity index is 1.87. The van der Waals surface area contributed by atoms with Gasteiger partial charge in [-0.05, 0) is 30.5 Å². The van der Waals surface area contributed by atoms with Crippen molar-refractivity contribution in [2.45, 2.75) is 19.1 Å². The van der Waals surface area contributed by atoms with Crippen molar-refractivity contribution < 1.29 is 9.57 Å². The number of benzene rings is 1. The summed E-state index contributed by atoms with van der Waals surface area (Å²) >= 11 is 5.86. The Bertz CT molecular complexity index is 416. The molecule has 1 saturated heterocycles. The molecule has 0 amide bonds. The Morgan fingerprint density at radius 3 is 2.88 bits per heavy atom. The van der Waals surface area contributed by atoms with Crippen LogP contribution >= 0.6 is 11.6 Å². The zero-order valence-corrected chi connectivity index (χ0v) is 9.48. The fraction of sp³-hybridized carbons (Fsp3) is 0.417. The van der Waals surface area contributed by atoms with Gasteiger partial charge in [-0.3, -0.25) is 0 Å². The highest BCUT2D eigenvalue weighted by molar-refractivity contribution is 6.30. The van der Waals surface area contributed by atoms with Gasteiger partial charge in [0.25, 0.3) is 0 Å². The second-order valence-corrected chi connectivity index (χ2v) is 4.51. The molecule has 0 saturated carbocycles. The van der Waals surface area contributed by atoms with E-state index in [1.54, 1.807) is 0 Å². The third kappa shape index (κ3) is 1.70. The smallest absolute Gasteiger partial charge is 0.235 e. The molecular formula is C12H12ClNO2. The van der Waals surface area contributed by atoms with Gasteiger partial charge >= 0.3 is 0 Å². The molecule has 1 aromatic carbocycles. The first-order valence-electron chi connectivity index (χ1n) is 5.46. The Morgan fingerprint density at radius 2 is 2.06 bits per heavy atom. The van der Waals surface area contributed by atoms with Gasteiger partial charge in [0.05, 0.1) is 18.2 Å². The maximum atomic E-state index is 5.86. The van der Waals surface area contributed by atoms with E-state index in [0.29, 0.717) is 0 Å². The van der Waals surface area contributed by atoms with Crippen LogP contribution in [0.2, 0.25) is 5.02 Å². The predicted molar refractivity (Wildman–Crippen MR) is 61.5 cm³/mol.